The van der Waals surface area contributed by atoms with Gasteiger partial charge in [-0.2, -0.15) is 0 Å². The first-order chi connectivity index (χ1) is 7.63. The molecule has 1 aliphatic carbocycles. The van der Waals surface area contributed by atoms with Gasteiger partial charge in [0, 0.05) is 22.1 Å². The van der Waals surface area contributed by atoms with Gasteiger partial charge >= 0.3 is 5.97 Å². The molecule has 1 aromatic rings. The molecule has 4 heteroatoms. The summed E-state index contributed by atoms with van der Waals surface area (Å²) in [5.74, 6) is -0.851. The Hall–Kier alpha value is -1.03. The van der Waals surface area contributed by atoms with Crippen LogP contribution in [0.4, 0.5) is 5.69 Å². The maximum atomic E-state index is 11.1. The van der Waals surface area contributed by atoms with E-state index in [0.717, 1.165) is 29.5 Å². The van der Waals surface area contributed by atoms with Crippen LogP contribution in [0.1, 0.15) is 18.4 Å². The molecule has 1 aliphatic heterocycles. The van der Waals surface area contributed by atoms with E-state index in [1.165, 1.54) is 5.56 Å². The Morgan fingerprint density at radius 1 is 1.56 bits per heavy atom. The Labute approximate surface area is 102 Å². The molecule has 2 atom stereocenters. The van der Waals surface area contributed by atoms with E-state index in [1.807, 2.05) is 12.1 Å². The molecule has 0 amide bonds. The van der Waals surface area contributed by atoms with Crippen molar-refractivity contribution in [2.75, 3.05) is 11.9 Å². The molecule has 0 radical (unpaired) electrons. The minimum absolute atomic E-state index is 0.101. The molecule has 1 saturated carbocycles. The second-order valence-corrected chi connectivity index (χ2v) is 5.53. The SMILES string of the molecule is O=C(O)C1CC12CCNc1ccc(Br)cc12. The van der Waals surface area contributed by atoms with Gasteiger partial charge in [-0.3, -0.25) is 4.79 Å². The van der Waals surface area contributed by atoms with E-state index in [9.17, 15) is 4.79 Å². The largest absolute Gasteiger partial charge is 0.481 e. The number of carboxylic acids is 1. The summed E-state index contributed by atoms with van der Waals surface area (Å²) in [6, 6.07) is 6.07. The molecule has 2 N–H and O–H groups in total. The van der Waals surface area contributed by atoms with E-state index in [2.05, 4.69) is 27.3 Å². The molecule has 2 unspecified atom stereocenters. The second-order valence-electron chi connectivity index (χ2n) is 4.62. The van der Waals surface area contributed by atoms with Gasteiger partial charge in [-0.15, -0.1) is 0 Å². The lowest BCUT2D eigenvalue weighted by Crippen LogP contribution is -2.25. The van der Waals surface area contributed by atoms with Gasteiger partial charge in [0.05, 0.1) is 5.92 Å². The number of nitrogens with one attached hydrogen (secondary N) is 1. The highest BCUT2D eigenvalue weighted by molar-refractivity contribution is 9.10. The molecule has 16 heavy (non-hydrogen) atoms. The van der Waals surface area contributed by atoms with E-state index in [0.29, 0.717) is 0 Å². The number of hydrogen-bond donors (Lipinski definition) is 2. The molecular formula is C12H12BrNO2. The smallest absolute Gasteiger partial charge is 0.307 e. The second kappa shape index (κ2) is 3.23. The van der Waals surface area contributed by atoms with Gasteiger partial charge < -0.3 is 10.4 Å². The minimum atomic E-state index is -0.659. The van der Waals surface area contributed by atoms with Crippen LogP contribution in [0.2, 0.25) is 0 Å². The van der Waals surface area contributed by atoms with Crippen LogP contribution in [0.15, 0.2) is 22.7 Å². The summed E-state index contributed by atoms with van der Waals surface area (Å²) in [5.41, 5.74) is 2.16. The summed E-state index contributed by atoms with van der Waals surface area (Å²) in [7, 11) is 0. The Bertz CT molecular complexity index is 474. The van der Waals surface area contributed by atoms with Crippen molar-refractivity contribution in [2.24, 2.45) is 5.92 Å². The van der Waals surface area contributed by atoms with Gasteiger partial charge in [-0.25, -0.2) is 0 Å². The van der Waals surface area contributed by atoms with Crippen LogP contribution in [0, 0.1) is 5.92 Å². The predicted molar refractivity (Wildman–Crippen MR) is 64.7 cm³/mol. The first kappa shape index (κ1) is 10.1. The third-order valence-electron chi connectivity index (χ3n) is 3.78. The lowest BCUT2D eigenvalue weighted by Gasteiger charge is -2.27. The van der Waals surface area contributed by atoms with E-state index < -0.39 is 5.97 Å². The van der Waals surface area contributed by atoms with Crippen LogP contribution in [0.25, 0.3) is 0 Å². The molecule has 3 rings (SSSR count). The lowest BCUT2D eigenvalue weighted by molar-refractivity contribution is -0.139. The van der Waals surface area contributed by atoms with Gasteiger partial charge in [-0.05, 0) is 36.6 Å². The molecule has 1 aromatic carbocycles. The highest BCUT2D eigenvalue weighted by Gasteiger charge is 2.60. The van der Waals surface area contributed by atoms with Crippen molar-refractivity contribution in [1.29, 1.82) is 0 Å². The predicted octanol–water partition coefficient (Wildman–Crippen LogP) is 2.61. The number of fused-ring (bicyclic) bond motifs is 2. The average molecular weight is 282 g/mol. The molecule has 0 aromatic heterocycles. The fourth-order valence-electron chi connectivity index (χ4n) is 2.84. The standard InChI is InChI=1S/C12H12BrNO2/c13-7-1-2-10-8(5-7)12(3-4-14-10)6-9(12)11(15)16/h1-2,5,9,14H,3-4,6H2,(H,15,16). The third kappa shape index (κ3) is 1.29. The number of hydrogen-bond acceptors (Lipinski definition) is 2. The normalized spacial score (nSPS) is 30.7. The van der Waals surface area contributed by atoms with Crippen LogP contribution >= 0.6 is 15.9 Å². The van der Waals surface area contributed by atoms with Gasteiger partial charge in [0.1, 0.15) is 0 Å². The van der Waals surface area contributed by atoms with Crippen molar-refractivity contribution < 1.29 is 9.90 Å². The van der Waals surface area contributed by atoms with Crippen LogP contribution in [0.5, 0.6) is 0 Å². The summed E-state index contributed by atoms with van der Waals surface area (Å²) in [6.07, 6.45) is 1.71. The van der Waals surface area contributed by atoms with Gasteiger partial charge in [0.15, 0.2) is 0 Å². The quantitative estimate of drug-likeness (QED) is 0.832. The van der Waals surface area contributed by atoms with Crippen molar-refractivity contribution in [2.45, 2.75) is 18.3 Å². The number of anilines is 1. The van der Waals surface area contributed by atoms with Crippen molar-refractivity contribution in [3.05, 3.63) is 28.2 Å². The highest BCUT2D eigenvalue weighted by Crippen LogP contribution is 2.60. The van der Waals surface area contributed by atoms with E-state index in [4.69, 9.17) is 5.11 Å². The van der Waals surface area contributed by atoms with E-state index in [1.54, 1.807) is 0 Å². The molecule has 1 fully saturated rings. The number of halogens is 1. The van der Waals surface area contributed by atoms with Crippen molar-refractivity contribution in [3.63, 3.8) is 0 Å². The van der Waals surface area contributed by atoms with Gasteiger partial charge in [-0.1, -0.05) is 15.9 Å². The zero-order valence-electron chi connectivity index (χ0n) is 8.66. The van der Waals surface area contributed by atoms with Crippen LogP contribution in [0.3, 0.4) is 0 Å². The number of benzene rings is 1. The minimum Gasteiger partial charge on any atom is -0.481 e. The zero-order chi connectivity index (χ0) is 11.3. The topological polar surface area (TPSA) is 49.3 Å². The summed E-state index contributed by atoms with van der Waals surface area (Å²) in [6.45, 7) is 0.873. The van der Waals surface area contributed by atoms with E-state index >= 15 is 0 Å². The number of aliphatic carboxylic acids is 1. The Kier molecular flexibility index (Phi) is 2.05. The summed E-state index contributed by atoms with van der Waals surface area (Å²) in [4.78, 5) is 11.1. The van der Waals surface area contributed by atoms with Gasteiger partial charge in [0.25, 0.3) is 0 Å². The summed E-state index contributed by atoms with van der Waals surface area (Å²) >= 11 is 3.45. The number of carbonyl (C=O) groups is 1. The Balaban J connectivity index is 2.07. The summed E-state index contributed by atoms with van der Waals surface area (Å²) < 4.78 is 1.02. The molecule has 3 nitrogen and oxygen atoms in total. The lowest BCUT2D eigenvalue weighted by atomic mass is 9.86. The van der Waals surface area contributed by atoms with Crippen LogP contribution in [-0.2, 0) is 10.2 Å². The first-order valence-electron chi connectivity index (χ1n) is 5.40. The number of carboxylic acid groups (broad SMARTS) is 1. The molecule has 1 heterocycles. The fraction of sp³-hybridized carbons (Fsp3) is 0.417. The average Bonchev–Trinajstić information content (AvgIpc) is 2.96. The zero-order valence-corrected chi connectivity index (χ0v) is 10.3. The monoisotopic (exact) mass is 281 g/mol. The van der Waals surface area contributed by atoms with Gasteiger partial charge in [0.2, 0.25) is 0 Å². The van der Waals surface area contributed by atoms with Crippen molar-refractivity contribution in [1.82, 2.24) is 0 Å². The van der Waals surface area contributed by atoms with Crippen LogP contribution < -0.4 is 5.32 Å². The maximum absolute atomic E-state index is 11.1. The first-order valence-corrected chi connectivity index (χ1v) is 6.19. The molecule has 1 spiro atoms. The molecule has 2 aliphatic rings. The molecule has 0 saturated heterocycles. The molecular weight excluding hydrogens is 270 g/mol. The molecule has 0 bridgehead atoms. The van der Waals surface area contributed by atoms with Crippen molar-refractivity contribution >= 4 is 27.6 Å². The molecule has 84 valence electrons. The fourth-order valence-corrected chi connectivity index (χ4v) is 3.20. The van der Waals surface area contributed by atoms with E-state index in [-0.39, 0.29) is 11.3 Å². The Morgan fingerprint density at radius 3 is 3.06 bits per heavy atom. The number of rotatable bonds is 1. The summed E-state index contributed by atoms with van der Waals surface area (Å²) in [5, 5.41) is 12.5. The van der Waals surface area contributed by atoms with Crippen LogP contribution in [-0.4, -0.2) is 17.6 Å². The Morgan fingerprint density at radius 2 is 2.38 bits per heavy atom. The third-order valence-corrected chi connectivity index (χ3v) is 4.27. The highest BCUT2D eigenvalue weighted by atomic mass is 79.9. The maximum Gasteiger partial charge on any atom is 0.307 e. The van der Waals surface area contributed by atoms with Crippen molar-refractivity contribution in [3.8, 4) is 0 Å².